The molecule has 222 valence electrons. The molecule has 15 heteroatoms. The largest absolute Gasteiger partial charge is 0.393 e. The number of nitrogens with zero attached hydrogens (tertiary/aromatic N) is 6. The highest BCUT2D eigenvalue weighted by molar-refractivity contribution is 5.92. The van der Waals surface area contributed by atoms with Gasteiger partial charge in [0.05, 0.1) is 35.7 Å². The third-order valence-electron chi connectivity index (χ3n) is 7.91. The van der Waals surface area contributed by atoms with Crippen molar-refractivity contribution in [2.75, 3.05) is 6.54 Å². The van der Waals surface area contributed by atoms with Crippen molar-refractivity contribution in [2.45, 2.75) is 76.6 Å². The van der Waals surface area contributed by atoms with E-state index in [4.69, 9.17) is 0 Å². The Kier molecular flexibility index (Phi) is 7.72. The van der Waals surface area contributed by atoms with Gasteiger partial charge in [0.15, 0.2) is 5.65 Å². The summed E-state index contributed by atoms with van der Waals surface area (Å²) in [5.41, 5.74) is 1.43. The predicted octanol–water partition coefficient (Wildman–Crippen LogP) is 4.06. The molecule has 3 atom stereocenters. The zero-order valence-corrected chi connectivity index (χ0v) is 22.5. The highest BCUT2D eigenvalue weighted by Gasteiger charge is 2.45. The quantitative estimate of drug-likeness (QED) is 0.406. The Morgan fingerprint density at radius 1 is 1.22 bits per heavy atom. The van der Waals surface area contributed by atoms with Gasteiger partial charge in [0, 0.05) is 37.8 Å². The summed E-state index contributed by atoms with van der Waals surface area (Å²) in [5, 5.41) is 17.5. The van der Waals surface area contributed by atoms with Crippen LogP contribution >= 0.6 is 0 Å². The van der Waals surface area contributed by atoms with Gasteiger partial charge in [-0.05, 0) is 51.2 Å². The fourth-order valence-electron chi connectivity index (χ4n) is 5.61. The van der Waals surface area contributed by atoms with E-state index in [1.807, 2.05) is 13.8 Å². The third kappa shape index (κ3) is 6.32. The minimum atomic E-state index is -4.41. The van der Waals surface area contributed by atoms with Gasteiger partial charge in [-0.1, -0.05) is 5.21 Å². The molecule has 5 rings (SSSR count). The van der Waals surface area contributed by atoms with Crippen LogP contribution in [0.2, 0.25) is 0 Å². The normalized spacial score (nSPS) is 22.6. The minimum absolute atomic E-state index is 0.00588. The van der Waals surface area contributed by atoms with Crippen LogP contribution in [0.3, 0.4) is 0 Å². The number of carbonyl (C=O) groups excluding carboxylic acids is 2. The molecule has 2 aliphatic rings. The summed E-state index contributed by atoms with van der Waals surface area (Å²) in [4.78, 5) is 30.2. The Hall–Kier alpha value is -3.65. The van der Waals surface area contributed by atoms with Crippen LogP contribution in [0.15, 0.2) is 24.5 Å². The van der Waals surface area contributed by atoms with Crippen molar-refractivity contribution >= 4 is 17.5 Å². The number of piperidine rings is 1. The van der Waals surface area contributed by atoms with Crippen molar-refractivity contribution in [1.82, 2.24) is 40.2 Å². The molecule has 2 amide bonds. The summed E-state index contributed by atoms with van der Waals surface area (Å²) in [6.45, 7) is 3.25. The summed E-state index contributed by atoms with van der Waals surface area (Å²) < 4.78 is 70.6. The number of amides is 2. The second-order valence-corrected chi connectivity index (χ2v) is 11.2. The Morgan fingerprint density at radius 3 is 2.63 bits per heavy atom. The first-order valence-corrected chi connectivity index (χ1v) is 13.6. The van der Waals surface area contributed by atoms with Crippen LogP contribution in [0.4, 0.5) is 22.0 Å². The smallest absolute Gasteiger partial charge is 0.355 e. The Balaban J connectivity index is 1.40. The first kappa shape index (κ1) is 28.9. The first-order chi connectivity index (χ1) is 19.3. The third-order valence-corrected chi connectivity index (χ3v) is 7.91. The number of fused-ring (bicyclic) bond motifs is 1. The lowest BCUT2D eigenvalue weighted by atomic mass is 9.81. The van der Waals surface area contributed by atoms with E-state index in [0.29, 0.717) is 17.0 Å². The number of hydrogen-bond acceptors (Lipinski definition) is 6. The molecular formula is C26H31F5N8O2. The fraction of sp³-hybridized carbons (Fsp3) is 0.615. The van der Waals surface area contributed by atoms with E-state index in [1.165, 1.54) is 15.4 Å². The molecule has 0 spiro atoms. The average molecular weight is 583 g/mol. The van der Waals surface area contributed by atoms with Crippen LogP contribution in [0.25, 0.3) is 5.65 Å². The van der Waals surface area contributed by atoms with E-state index in [1.54, 1.807) is 18.3 Å². The van der Waals surface area contributed by atoms with Gasteiger partial charge in [0.1, 0.15) is 5.69 Å². The number of nitrogens with one attached hydrogen (secondary N) is 2. The number of carbonyl (C=O) groups is 2. The Labute approximate surface area is 232 Å². The van der Waals surface area contributed by atoms with Crippen molar-refractivity contribution in [3.05, 3.63) is 41.6 Å². The Morgan fingerprint density at radius 2 is 1.95 bits per heavy atom. The van der Waals surface area contributed by atoms with Gasteiger partial charge in [-0.2, -0.15) is 18.3 Å². The van der Waals surface area contributed by atoms with Crippen molar-refractivity contribution in [2.24, 2.45) is 17.8 Å². The highest BCUT2D eigenvalue weighted by Crippen LogP contribution is 2.41. The number of halogens is 5. The number of imidazole rings is 1. The van der Waals surface area contributed by atoms with Gasteiger partial charge < -0.3 is 10.6 Å². The van der Waals surface area contributed by atoms with Gasteiger partial charge in [-0.25, -0.2) is 23.0 Å². The summed E-state index contributed by atoms with van der Waals surface area (Å²) in [6, 6.07) is 2.37. The van der Waals surface area contributed by atoms with E-state index in [-0.39, 0.29) is 56.2 Å². The van der Waals surface area contributed by atoms with Crippen molar-refractivity contribution < 1.29 is 31.5 Å². The topological polar surface area (TPSA) is 119 Å². The van der Waals surface area contributed by atoms with E-state index in [2.05, 4.69) is 31.0 Å². The van der Waals surface area contributed by atoms with Crippen molar-refractivity contribution in [1.29, 1.82) is 0 Å². The number of rotatable bonds is 7. The summed E-state index contributed by atoms with van der Waals surface area (Å²) in [5.74, 6) is -6.53. The van der Waals surface area contributed by atoms with E-state index in [0.717, 1.165) is 0 Å². The monoisotopic (exact) mass is 582 g/mol. The average Bonchev–Trinajstić information content (AvgIpc) is 3.55. The maximum atomic E-state index is 14.0. The molecule has 0 radical (unpaired) electrons. The summed E-state index contributed by atoms with van der Waals surface area (Å²) >= 11 is 0. The molecule has 4 heterocycles. The lowest BCUT2D eigenvalue weighted by molar-refractivity contribution is -0.183. The van der Waals surface area contributed by atoms with Gasteiger partial charge in [0.2, 0.25) is 11.8 Å². The van der Waals surface area contributed by atoms with Crippen LogP contribution in [0, 0.1) is 17.8 Å². The molecule has 2 N–H and O–H groups in total. The van der Waals surface area contributed by atoms with Gasteiger partial charge in [0.25, 0.3) is 5.91 Å². The summed E-state index contributed by atoms with van der Waals surface area (Å²) in [6.07, 6.45) is -2.10. The first-order valence-electron chi connectivity index (χ1n) is 13.6. The maximum Gasteiger partial charge on any atom is 0.393 e. The van der Waals surface area contributed by atoms with Crippen LogP contribution in [-0.4, -0.2) is 60.0 Å². The van der Waals surface area contributed by atoms with E-state index in [9.17, 15) is 31.5 Å². The lowest BCUT2D eigenvalue weighted by Crippen LogP contribution is -2.47. The molecule has 10 nitrogen and oxygen atoms in total. The predicted molar refractivity (Wildman–Crippen MR) is 135 cm³/mol. The number of alkyl halides is 5. The molecule has 1 saturated heterocycles. The molecule has 41 heavy (non-hydrogen) atoms. The van der Waals surface area contributed by atoms with Crippen LogP contribution < -0.4 is 10.6 Å². The molecule has 0 bridgehead atoms. The minimum Gasteiger partial charge on any atom is -0.355 e. The van der Waals surface area contributed by atoms with Gasteiger partial charge in [-0.15, -0.1) is 5.10 Å². The van der Waals surface area contributed by atoms with Crippen LogP contribution in [0.1, 0.15) is 79.9 Å². The lowest BCUT2D eigenvalue weighted by Gasteiger charge is -2.33. The molecule has 2 fully saturated rings. The van der Waals surface area contributed by atoms with E-state index < -0.39 is 48.3 Å². The highest BCUT2D eigenvalue weighted by atomic mass is 19.4. The van der Waals surface area contributed by atoms with Crippen LogP contribution in [0.5, 0.6) is 0 Å². The second-order valence-electron chi connectivity index (χ2n) is 11.2. The molecule has 1 saturated carbocycles. The zero-order valence-electron chi connectivity index (χ0n) is 22.5. The fourth-order valence-corrected chi connectivity index (χ4v) is 5.61. The molecule has 1 unspecified atom stereocenters. The van der Waals surface area contributed by atoms with Gasteiger partial charge >= 0.3 is 6.18 Å². The summed E-state index contributed by atoms with van der Waals surface area (Å²) in [7, 11) is 0. The van der Waals surface area contributed by atoms with Crippen LogP contribution in [-0.2, 0) is 11.2 Å². The maximum absolute atomic E-state index is 14.0. The number of hydrogen-bond donors (Lipinski definition) is 2. The van der Waals surface area contributed by atoms with Crippen molar-refractivity contribution in [3.8, 4) is 0 Å². The molecule has 0 aromatic carbocycles. The standard InChI is InChI=1S/C26H31F5N8O2/c1-14(2)39-20(12-33-37-39)24(41)35-22(15-5-7-25(27,28)8-6-15)19-13-38-21(34-19)4-3-18(36-38)10-16-9-17(26(29,30)31)11-32-23(16)40/h3-4,12-17,22H,5-11H2,1-2H3,(H,32,40)(H,35,41)/t16?,17-,22+/m1/s1. The van der Waals surface area contributed by atoms with Gasteiger partial charge in [-0.3, -0.25) is 9.59 Å². The molecular weight excluding hydrogens is 551 g/mol. The van der Waals surface area contributed by atoms with Crippen molar-refractivity contribution in [3.63, 3.8) is 0 Å². The molecule has 1 aliphatic heterocycles. The zero-order chi connectivity index (χ0) is 29.5. The molecule has 1 aliphatic carbocycles. The second kappa shape index (κ2) is 11.0. The Bertz CT molecular complexity index is 1410. The molecule has 3 aromatic rings. The SMILES string of the molecule is CC(C)n1nncc1C(=O)N[C@H](c1cn2nc(CC3C[C@@H](C(F)(F)F)CNC3=O)ccc2n1)C1CCC(F)(F)CC1. The molecule has 3 aromatic heterocycles. The number of aromatic nitrogens is 6. The van der Waals surface area contributed by atoms with E-state index >= 15 is 0 Å².